The van der Waals surface area contributed by atoms with Gasteiger partial charge in [0.1, 0.15) is 17.6 Å². The van der Waals surface area contributed by atoms with Gasteiger partial charge in [0.15, 0.2) is 0 Å². The Hall–Kier alpha value is -4.98. The third-order valence-electron chi connectivity index (χ3n) is 15.8. The first-order chi connectivity index (χ1) is 44.7. The maximum absolute atomic E-state index is 6.44. The van der Waals surface area contributed by atoms with Crippen molar-refractivity contribution in [3.63, 3.8) is 0 Å². The molecule has 5 aromatic rings. The molecule has 11 nitrogen and oxygen atoms in total. The smallest absolute Gasteiger partial charge is 0.119 e. The van der Waals surface area contributed by atoms with Crippen LogP contribution < -0.4 is 31.2 Å². The number of piperidine rings is 1. The second-order valence-electron chi connectivity index (χ2n) is 24.8. The van der Waals surface area contributed by atoms with Gasteiger partial charge in [-0.05, 0) is 237 Å². The van der Waals surface area contributed by atoms with Crippen LogP contribution >= 0.6 is 0 Å². The summed E-state index contributed by atoms with van der Waals surface area (Å²) in [7, 11) is 9.49. The molecule has 5 aromatic carbocycles. The summed E-state index contributed by atoms with van der Waals surface area (Å²) in [5.41, 5.74) is 15.1. The average Bonchev–Trinajstić information content (AvgIpc) is 0.864. The van der Waals surface area contributed by atoms with E-state index in [0.29, 0.717) is 0 Å². The van der Waals surface area contributed by atoms with E-state index < -0.39 is 0 Å². The van der Waals surface area contributed by atoms with Gasteiger partial charge in [-0.15, -0.1) is 0 Å². The van der Waals surface area contributed by atoms with Crippen LogP contribution in [0.2, 0.25) is 0 Å². The molecule has 3 aliphatic rings. The van der Waals surface area contributed by atoms with Gasteiger partial charge in [-0.1, -0.05) is 188 Å². The van der Waals surface area contributed by atoms with Crippen molar-refractivity contribution >= 4 is 11.4 Å². The molecule has 0 saturated carbocycles. The van der Waals surface area contributed by atoms with E-state index in [1.54, 1.807) is 0 Å². The van der Waals surface area contributed by atoms with Gasteiger partial charge in [0, 0.05) is 75.3 Å². The molecule has 0 amide bonds. The molecule has 11 heteroatoms. The highest BCUT2D eigenvalue weighted by molar-refractivity contribution is 5.46. The topological polar surface area (TPSA) is 103 Å². The minimum Gasteiger partial charge on any atom is -0.494 e. The second-order valence-corrected chi connectivity index (χ2v) is 24.8. The fourth-order valence-corrected chi connectivity index (χ4v) is 10.6. The van der Waals surface area contributed by atoms with E-state index in [2.05, 4.69) is 244 Å². The number of nitrogens with two attached hydrogens (primary N) is 1. The Balaban J connectivity index is -0.000000502. The number of nitrogens with zero attached hydrogens (tertiary/aromatic N) is 4. The highest BCUT2D eigenvalue weighted by Crippen LogP contribution is 2.40. The predicted molar refractivity (Wildman–Crippen MR) is 422 cm³/mol. The number of piperazine rings is 1. The van der Waals surface area contributed by atoms with Crippen LogP contribution in [-0.4, -0.2) is 131 Å². The minimum atomic E-state index is 0. The van der Waals surface area contributed by atoms with E-state index in [9.17, 15) is 0 Å². The zero-order valence-electron chi connectivity index (χ0n) is 65.1. The number of aryl methyl sites for hydroxylation is 4. The van der Waals surface area contributed by atoms with Gasteiger partial charge >= 0.3 is 0 Å². The molecule has 542 valence electrons. The van der Waals surface area contributed by atoms with Crippen LogP contribution in [0.25, 0.3) is 0 Å². The molecule has 8 rings (SSSR count). The Morgan fingerprint density at radius 2 is 0.936 bits per heavy atom. The van der Waals surface area contributed by atoms with Gasteiger partial charge in [0.05, 0.1) is 13.2 Å². The number of hydrogen-bond donors (Lipinski definition) is 4. The van der Waals surface area contributed by atoms with E-state index in [1.165, 1.54) is 156 Å². The summed E-state index contributed by atoms with van der Waals surface area (Å²) in [6.45, 7) is 54.5. The van der Waals surface area contributed by atoms with Crippen LogP contribution in [0.1, 0.15) is 243 Å². The Morgan fingerprint density at radius 1 is 0.532 bits per heavy atom. The quantitative estimate of drug-likeness (QED) is 0.0636. The SMILES string of the molecule is C.CC.CCC.CCC.CCC1CCCN1C.CCCN1CCN(CC)CC1.CCCc1ccc(C(C)ON2C(C)(C)CCCC2(C)C)cc1.CCOc1ccc(CNC)cc1.CCOc1ccc(NC)cc1.CCc1ccc(C)cc1.CCc1ccc(NC)cc1.CN. The lowest BCUT2D eigenvalue weighted by molar-refractivity contribution is -0.304. The van der Waals surface area contributed by atoms with E-state index in [-0.39, 0.29) is 24.6 Å². The molecule has 3 aliphatic heterocycles. The molecule has 5 N–H and O–H groups in total. The molecular weight excluding hydrogens is 1160 g/mol. The van der Waals surface area contributed by atoms with Crippen molar-refractivity contribution < 1.29 is 14.3 Å². The standard InChI is InChI=1S/C20H33NO.C10H15NO.C9H20N2.C9H13NO.C9H13N.C9H12.C7H15N.2C3H8.C2H6.CH5N.CH4/c1-7-9-17-10-12-18(13-11-17)16(2)22-21-19(3,4)14-8-15-20(21,5)6;1-3-12-10-6-4-9(5-7-10)8-11-2;1-3-5-11-8-6-10(4-2)7-9-11;1-3-11-9-6-4-8(10-2)5-7-9;1-3-8-4-6-9(10-2)7-5-8;1-3-9-6-4-8(2)5-7-9;1-3-7-5-4-6-8(7)2;2*1-3-2;2*1-2;/h10-13,16H,7-9,14-15H2,1-6H3;4-7,11H,3,8H2,1-2H3;3-9H2,1-2H3;4-7,10H,3H2,1-2H3;4-7,10H,3H2,1-2H3;4-7H,3H2,1-2H3;7H,3-6H2,1-2H3;2*3H2,1-2H3;1-2H3;2H2,1H3;1H4. The van der Waals surface area contributed by atoms with Crippen molar-refractivity contribution in [2.75, 3.05) is 105 Å². The number of likely N-dealkylation sites (tertiary alicyclic amines) is 1. The molecule has 94 heavy (non-hydrogen) atoms. The van der Waals surface area contributed by atoms with Crippen molar-refractivity contribution in [3.05, 3.63) is 155 Å². The normalized spacial score (nSPS) is 15.3. The van der Waals surface area contributed by atoms with Gasteiger partial charge in [-0.2, -0.15) is 5.06 Å². The third kappa shape index (κ3) is 44.7. The van der Waals surface area contributed by atoms with Gasteiger partial charge in [0.2, 0.25) is 0 Å². The van der Waals surface area contributed by atoms with Crippen molar-refractivity contribution in [2.45, 2.75) is 259 Å². The van der Waals surface area contributed by atoms with Crippen LogP contribution in [0.3, 0.4) is 0 Å². The van der Waals surface area contributed by atoms with E-state index in [1.807, 2.05) is 85.2 Å². The number of hydrogen-bond acceptors (Lipinski definition) is 11. The number of nitrogens with one attached hydrogen (secondary N) is 3. The Morgan fingerprint density at radius 3 is 1.29 bits per heavy atom. The molecule has 3 saturated heterocycles. The van der Waals surface area contributed by atoms with Gasteiger partial charge < -0.3 is 45.9 Å². The third-order valence-corrected chi connectivity index (χ3v) is 15.8. The van der Waals surface area contributed by atoms with Crippen LogP contribution in [0.4, 0.5) is 11.4 Å². The van der Waals surface area contributed by atoms with E-state index in [4.69, 9.17) is 14.3 Å². The molecule has 0 spiro atoms. The van der Waals surface area contributed by atoms with Crippen molar-refractivity contribution in [2.24, 2.45) is 5.73 Å². The van der Waals surface area contributed by atoms with Gasteiger partial charge in [0.25, 0.3) is 0 Å². The Labute approximate surface area is 583 Å². The summed E-state index contributed by atoms with van der Waals surface area (Å²) in [5, 5.41) is 11.5. The van der Waals surface area contributed by atoms with Crippen LogP contribution in [0.15, 0.2) is 121 Å². The average molecular weight is 1310 g/mol. The maximum Gasteiger partial charge on any atom is 0.119 e. The summed E-state index contributed by atoms with van der Waals surface area (Å²) in [6.07, 6.45) is 16.3. The maximum atomic E-state index is 6.44. The highest BCUT2D eigenvalue weighted by atomic mass is 16.7. The monoisotopic (exact) mass is 1310 g/mol. The summed E-state index contributed by atoms with van der Waals surface area (Å²) in [5.74, 6) is 1.86. The number of rotatable bonds is 19. The molecule has 3 heterocycles. The van der Waals surface area contributed by atoms with Crippen molar-refractivity contribution in [1.82, 2.24) is 25.1 Å². The summed E-state index contributed by atoms with van der Waals surface area (Å²) >= 11 is 0. The molecule has 2 unspecified atom stereocenters. The molecule has 0 aliphatic carbocycles. The summed E-state index contributed by atoms with van der Waals surface area (Å²) in [6, 6.07) is 43.0. The van der Waals surface area contributed by atoms with Crippen LogP contribution in [0.5, 0.6) is 11.5 Å². The van der Waals surface area contributed by atoms with Crippen molar-refractivity contribution in [3.8, 4) is 11.5 Å². The summed E-state index contributed by atoms with van der Waals surface area (Å²) < 4.78 is 10.6. The molecule has 3 fully saturated rings. The lowest BCUT2D eigenvalue weighted by atomic mass is 9.82. The molecule has 0 aromatic heterocycles. The van der Waals surface area contributed by atoms with Crippen LogP contribution in [-0.2, 0) is 30.6 Å². The second kappa shape index (κ2) is 61.6. The number of benzene rings is 5. The fourth-order valence-electron chi connectivity index (χ4n) is 10.6. The fraction of sp³-hybridized carbons (Fsp3) is 0.639. The zero-order chi connectivity index (χ0) is 70.9. The van der Waals surface area contributed by atoms with Crippen molar-refractivity contribution in [1.29, 1.82) is 0 Å². The molecule has 2 atom stereocenters. The first kappa shape index (κ1) is 95.4. The minimum absolute atomic E-state index is 0. The van der Waals surface area contributed by atoms with Gasteiger partial charge in [-0.25, -0.2) is 0 Å². The first-order valence-electron chi connectivity index (χ1n) is 36.6. The zero-order valence-corrected chi connectivity index (χ0v) is 65.1. The van der Waals surface area contributed by atoms with E-state index in [0.717, 1.165) is 62.2 Å². The predicted octanol–water partition coefficient (Wildman–Crippen LogP) is 21.0. The lowest BCUT2D eigenvalue weighted by Gasteiger charge is -2.52. The largest absolute Gasteiger partial charge is 0.494 e. The molecule has 0 bridgehead atoms. The summed E-state index contributed by atoms with van der Waals surface area (Å²) in [4.78, 5) is 14.0. The van der Waals surface area contributed by atoms with Crippen LogP contribution in [0, 0.1) is 6.92 Å². The molecule has 0 radical (unpaired) electrons. The highest BCUT2D eigenvalue weighted by Gasteiger charge is 2.43. The number of anilines is 2. The number of likely N-dealkylation sites (N-methyl/N-ethyl adjacent to an activating group) is 1. The Bertz CT molecular complexity index is 2290. The lowest BCUT2D eigenvalue weighted by Crippen LogP contribution is -2.58. The van der Waals surface area contributed by atoms with Gasteiger partial charge in [-0.3, -0.25) is 4.84 Å². The first-order valence-corrected chi connectivity index (χ1v) is 36.6. The number of hydroxylamine groups is 2. The Kier molecular flexibility index (Phi) is 62.5. The number of ether oxygens (including phenoxy) is 2. The van der Waals surface area contributed by atoms with E-state index >= 15 is 0 Å². The molecular formula is C83H152N8O3.